The first-order valence-electron chi connectivity index (χ1n) is 9.41. The molecule has 0 saturated carbocycles. The highest BCUT2D eigenvalue weighted by Crippen LogP contribution is 2.39. The third-order valence-corrected chi connectivity index (χ3v) is 7.86. The zero-order valence-electron chi connectivity index (χ0n) is 17.0. The average Bonchev–Trinajstić information content (AvgIpc) is 2.81. The average molecular weight is 455 g/mol. The van der Waals surface area contributed by atoms with Crippen LogP contribution in [-0.4, -0.2) is 50.1 Å². The van der Waals surface area contributed by atoms with Crippen LogP contribution >= 0.6 is 0 Å². The molecule has 1 aromatic carbocycles. The number of alkyl halides is 5. The normalized spacial score (nSPS) is 24.2. The van der Waals surface area contributed by atoms with Gasteiger partial charge in [0.05, 0.1) is 21.7 Å². The van der Waals surface area contributed by atoms with Crippen LogP contribution in [0.25, 0.3) is 0 Å². The number of nitrogens with zero attached hydrogens (tertiary/aromatic N) is 1. The van der Waals surface area contributed by atoms with Gasteiger partial charge in [0, 0.05) is 25.9 Å². The van der Waals surface area contributed by atoms with Gasteiger partial charge in [0.25, 0.3) is 5.92 Å². The molecule has 0 unspecified atom stereocenters. The Kier molecular flexibility index (Phi) is 5.58. The Morgan fingerprint density at radius 1 is 1.00 bits per heavy atom. The standard InChI is InChI=1S/C18H23BF5NO4S/c1-15(2)16(3,4)29-19(28-15)12-5-6-14(13(11-12)18(22,23)24)30(26,27)25-9-7-17(20,21)8-10-25/h5-6,11H,7-10H2,1-4H3. The van der Waals surface area contributed by atoms with Crippen LogP contribution in [0.1, 0.15) is 46.1 Å². The van der Waals surface area contributed by atoms with Gasteiger partial charge in [0.15, 0.2) is 0 Å². The summed E-state index contributed by atoms with van der Waals surface area (Å²) < 4.78 is 106. The maximum absolute atomic E-state index is 13.8. The van der Waals surface area contributed by atoms with Gasteiger partial charge in [-0.3, -0.25) is 0 Å². The molecule has 2 aliphatic heterocycles. The third kappa shape index (κ3) is 4.24. The predicted octanol–water partition coefficient (Wildman–Crippen LogP) is 3.42. The van der Waals surface area contributed by atoms with Crippen molar-refractivity contribution in [1.82, 2.24) is 4.31 Å². The summed E-state index contributed by atoms with van der Waals surface area (Å²) in [6.07, 6.45) is -6.46. The van der Waals surface area contributed by atoms with E-state index in [0.717, 1.165) is 6.07 Å². The molecule has 30 heavy (non-hydrogen) atoms. The van der Waals surface area contributed by atoms with Crippen LogP contribution in [0.2, 0.25) is 0 Å². The second-order valence-electron chi connectivity index (χ2n) is 8.60. The lowest BCUT2D eigenvalue weighted by Gasteiger charge is -2.32. The molecule has 2 saturated heterocycles. The summed E-state index contributed by atoms with van der Waals surface area (Å²) in [7, 11) is -5.72. The number of benzene rings is 1. The fourth-order valence-electron chi connectivity index (χ4n) is 3.31. The summed E-state index contributed by atoms with van der Waals surface area (Å²) >= 11 is 0. The van der Waals surface area contributed by atoms with Gasteiger partial charge < -0.3 is 9.31 Å². The summed E-state index contributed by atoms with van der Waals surface area (Å²) in [5.74, 6) is -3.03. The topological polar surface area (TPSA) is 55.8 Å². The van der Waals surface area contributed by atoms with Gasteiger partial charge >= 0.3 is 13.3 Å². The summed E-state index contributed by atoms with van der Waals surface area (Å²) in [6.45, 7) is 5.85. The maximum Gasteiger partial charge on any atom is 0.494 e. The molecule has 0 aliphatic carbocycles. The first-order valence-corrected chi connectivity index (χ1v) is 10.9. The molecule has 5 nitrogen and oxygen atoms in total. The molecule has 1 aromatic rings. The molecule has 0 spiro atoms. The Morgan fingerprint density at radius 3 is 1.97 bits per heavy atom. The molecule has 2 heterocycles. The van der Waals surface area contributed by atoms with Crippen molar-refractivity contribution in [3.63, 3.8) is 0 Å². The monoisotopic (exact) mass is 455 g/mol. The number of sulfonamides is 1. The minimum Gasteiger partial charge on any atom is -0.399 e. The highest BCUT2D eigenvalue weighted by atomic mass is 32.2. The molecular weight excluding hydrogens is 432 g/mol. The molecule has 168 valence electrons. The van der Waals surface area contributed by atoms with E-state index in [1.54, 1.807) is 27.7 Å². The first-order chi connectivity index (χ1) is 13.5. The summed E-state index contributed by atoms with van der Waals surface area (Å²) in [5, 5.41) is 0. The van der Waals surface area contributed by atoms with Gasteiger partial charge in [-0.15, -0.1) is 0 Å². The summed E-state index contributed by atoms with van der Waals surface area (Å²) in [4.78, 5) is -0.972. The second-order valence-corrected chi connectivity index (χ2v) is 10.5. The van der Waals surface area contributed by atoms with E-state index >= 15 is 0 Å². The third-order valence-electron chi connectivity index (χ3n) is 5.91. The van der Waals surface area contributed by atoms with Crippen LogP contribution in [0.4, 0.5) is 22.0 Å². The molecule has 3 rings (SSSR count). The van der Waals surface area contributed by atoms with Crippen molar-refractivity contribution < 1.29 is 39.7 Å². The van der Waals surface area contributed by atoms with E-state index in [1.807, 2.05) is 0 Å². The van der Waals surface area contributed by atoms with Crippen LogP contribution < -0.4 is 5.46 Å². The van der Waals surface area contributed by atoms with E-state index in [0.29, 0.717) is 10.4 Å². The van der Waals surface area contributed by atoms with E-state index in [1.165, 1.54) is 6.07 Å². The van der Waals surface area contributed by atoms with Gasteiger partial charge in [-0.2, -0.15) is 17.5 Å². The van der Waals surface area contributed by atoms with Gasteiger partial charge in [0.1, 0.15) is 0 Å². The zero-order chi connectivity index (χ0) is 22.8. The largest absolute Gasteiger partial charge is 0.494 e. The molecule has 0 radical (unpaired) electrons. The SMILES string of the molecule is CC1(C)OB(c2ccc(S(=O)(=O)N3CCC(F)(F)CC3)c(C(F)(F)F)c2)OC1(C)C. The fourth-order valence-corrected chi connectivity index (χ4v) is 4.95. The smallest absolute Gasteiger partial charge is 0.399 e. The van der Waals surface area contributed by atoms with E-state index < -0.39 is 76.8 Å². The number of halogens is 5. The van der Waals surface area contributed by atoms with E-state index in [2.05, 4.69) is 0 Å². The van der Waals surface area contributed by atoms with Gasteiger partial charge in [-0.25, -0.2) is 17.2 Å². The van der Waals surface area contributed by atoms with Crippen LogP contribution in [0.15, 0.2) is 23.1 Å². The number of hydrogen-bond donors (Lipinski definition) is 0. The Morgan fingerprint density at radius 2 is 1.50 bits per heavy atom. The number of piperidine rings is 1. The lowest BCUT2D eigenvalue weighted by molar-refractivity contribution is -0.139. The minimum atomic E-state index is -4.98. The van der Waals surface area contributed by atoms with Crippen LogP contribution in [0.3, 0.4) is 0 Å². The van der Waals surface area contributed by atoms with Crippen molar-refractivity contribution in [2.45, 2.75) is 68.7 Å². The minimum absolute atomic E-state index is 0.0186. The van der Waals surface area contributed by atoms with E-state index in [4.69, 9.17) is 9.31 Å². The lowest BCUT2D eigenvalue weighted by Crippen LogP contribution is -2.43. The summed E-state index contributed by atoms with van der Waals surface area (Å²) in [5.41, 5.74) is -2.95. The zero-order valence-corrected chi connectivity index (χ0v) is 17.8. The molecule has 2 fully saturated rings. The predicted molar refractivity (Wildman–Crippen MR) is 100 cm³/mol. The lowest BCUT2D eigenvalue weighted by atomic mass is 9.78. The Bertz CT molecular complexity index is 907. The van der Waals surface area contributed by atoms with Crippen molar-refractivity contribution in [3.05, 3.63) is 23.8 Å². The summed E-state index contributed by atoms with van der Waals surface area (Å²) in [6, 6.07) is 2.72. The van der Waals surface area contributed by atoms with Crippen molar-refractivity contribution in [2.24, 2.45) is 0 Å². The molecule has 12 heteroatoms. The van der Waals surface area contributed by atoms with Gasteiger partial charge in [-0.05, 0) is 45.3 Å². The number of hydrogen-bond acceptors (Lipinski definition) is 4. The van der Waals surface area contributed by atoms with Crippen molar-refractivity contribution in [2.75, 3.05) is 13.1 Å². The van der Waals surface area contributed by atoms with Crippen LogP contribution in [0, 0.1) is 0 Å². The Balaban J connectivity index is 1.99. The molecule has 0 aromatic heterocycles. The molecular formula is C18H23BF5NO4S. The molecule has 2 aliphatic rings. The van der Waals surface area contributed by atoms with Crippen LogP contribution in [-0.2, 0) is 25.5 Å². The van der Waals surface area contributed by atoms with Crippen molar-refractivity contribution in [1.29, 1.82) is 0 Å². The second kappa shape index (κ2) is 7.14. The highest BCUT2D eigenvalue weighted by Gasteiger charge is 2.52. The molecule has 0 N–H and O–H groups in total. The highest BCUT2D eigenvalue weighted by molar-refractivity contribution is 7.89. The number of rotatable bonds is 3. The fraction of sp³-hybridized carbons (Fsp3) is 0.667. The van der Waals surface area contributed by atoms with Crippen LogP contribution in [0.5, 0.6) is 0 Å². The molecule has 0 amide bonds. The molecule has 0 bridgehead atoms. The maximum atomic E-state index is 13.8. The van der Waals surface area contributed by atoms with E-state index in [9.17, 15) is 30.4 Å². The van der Waals surface area contributed by atoms with Crippen molar-refractivity contribution in [3.8, 4) is 0 Å². The van der Waals surface area contributed by atoms with E-state index in [-0.39, 0.29) is 5.46 Å². The first kappa shape index (κ1) is 23.4. The molecule has 0 atom stereocenters. The van der Waals surface area contributed by atoms with Crippen molar-refractivity contribution >= 4 is 22.6 Å². The van der Waals surface area contributed by atoms with Gasteiger partial charge in [-0.1, -0.05) is 6.07 Å². The quantitative estimate of drug-likeness (QED) is 0.518. The Hall–Kier alpha value is -1.24. The van der Waals surface area contributed by atoms with Gasteiger partial charge in [0.2, 0.25) is 10.0 Å². The Labute approximate surface area is 172 Å².